The first kappa shape index (κ1) is 17.7. The number of hydrogen-bond acceptors (Lipinski definition) is 2. The maximum atomic E-state index is 10.3. The SMILES string of the molecule is O=C(O)CCCCCCOc1c(I)cc(I)cc1I. The fraction of sp³-hybridized carbons (Fsp3) is 0.462. The van der Waals surface area contributed by atoms with E-state index in [-0.39, 0.29) is 6.42 Å². The Labute approximate surface area is 154 Å². The van der Waals surface area contributed by atoms with Crippen molar-refractivity contribution in [3.8, 4) is 5.75 Å². The van der Waals surface area contributed by atoms with Gasteiger partial charge < -0.3 is 9.84 Å². The summed E-state index contributed by atoms with van der Waals surface area (Å²) in [5.41, 5.74) is 0. The van der Waals surface area contributed by atoms with Crippen LogP contribution in [-0.2, 0) is 4.79 Å². The monoisotopic (exact) mass is 600 g/mol. The van der Waals surface area contributed by atoms with E-state index in [1.165, 1.54) is 3.57 Å². The summed E-state index contributed by atoms with van der Waals surface area (Å²) in [7, 11) is 0. The van der Waals surface area contributed by atoms with Gasteiger partial charge >= 0.3 is 5.97 Å². The standard InChI is InChI=1S/C13H15I3O3/c14-9-7-10(15)13(11(16)8-9)19-6-4-2-1-3-5-12(17)18/h7-8H,1-6H2,(H,17,18). The Balaban J connectivity index is 2.25. The number of benzene rings is 1. The van der Waals surface area contributed by atoms with E-state index in [0.717, 1.165) is 38.6 Å². The molecule has 3 nitrogen and oxygen atoms in total. The molecule has 6 heteroatoms. The third kappa shape index (κ3) is 7.30. The van der Waals surface area contributed by atoms with Crippen molar-refractivity contribution in [1.29, 1.82) is 0 Å². The molecule has 1 aromatic carbocycles. The van der Waals surface area contributed by atoms with E-state index in [9.17, 15) is 4.79 Å². The van der Waals surface area contributed by atoms with Gasteiger partial charge in [0.15, 0.2) is 0 Å². The molecule has 1 aromatic rings. The summed E-state index contributed by atoms with van der Waals surface area (Å²) >= 11 is 6.89. The van der Waals surface area contributed by atoms with Crippen LogP contribution in [0.4, 0.5) is 0 Å². The van der Waals surface area contributed by atoms with Crippen LogP contribution < -0.4 is 4.74 Å². The molecule has 0 atom stereocenters. The second-order valence-corrected chi connectivity index (χ2v) is 7.67. The zero-order valence-electron chi connectivity index (χ0n) is 10.3. The summed E-state index contributed by atoms with van der Waals surface area (Å²) in [4.78, 5) is 10.3. The molecule has 0 aliphatic rings. The summed E-state index contributed by atoms with van der Waals surface area (Å²) in [5.74, 6) is 0.256. The van der Waals surface area contributed by atoms with Gasteiger partial charge in [0.05, 0.1) is 13.7 Å². The van der Waals surface area contributed by atoms with Gasteiger partial charge in [-0.3, -0.25) is 4.79 Å². The second-order valence-electron chi connectivity index (χ2n) is 4.10. The van der Waals surface area contributed by atoms with Crippen molar-refractivity contribution >= 4 is 73.7 Å². The number of carboxylic acids is 1. The molecule has 0 aliphatic heterocycles. The smallest absolute Gasteiger partial charge is 0.303 e. The normalized spacial score (nSPS) is 10.5. The van der Waals surface area contributed by atoms with E-state index in [4.69, 9.17) is 9.84 Å². The molecule has 0 aliphatic carbocycles. The summed E-state index contributed by atoms with van der Waals surface area (Å²) in [6, 6.07) is 4.21. The summed E-state index contributed by atoms with van der Waals surface area (Å²) < 4.78 is 9.31. The van der Waals surface area contributed by atoms with Crippen LogP contribution in [0.5, 0.6) is 5.75 Å². The van der Waals surface area contributed by atoms with Gasteiger partial charge in [0.25, 0.3) is 0 Å². The number of halogens is 3. The average molecular weight is 600 g/mol. The van der Waals surface area contributed by atoms with Crippen LogP contribution in [0.3, 0.4) is 0 Å². The molecule has 0 unspecified atom stereocenters. The number of unbranched alkanes of at least 4 members (excludes halogenated alkanes) is 3. The molecule has 0 saturated carbocycles. The Morgan fingerprint density at radius 1 is 1.05 bits per heavy atom. The quantitative estimate of drug-likeness (QED) is 0.341. The highest BCUT2D eigenvalue weighted by Crippen LogP contribution is 2.29. The van der Waals surface area contributed by atoms with Crippen molar-refractivity contribution in [2.24, 2.45) is 0 Å². The minimum atomic E-state index is -0.709. The van der Waals surface area contributed by atoms with Crippen LogP contribution in [-0.4, -0.2) is 17.7 Å². The van der Waals surface area contributed by atoms with Crippen LogP contribution in [0.25, 0.3) is 0 Å². The van der Waals surface area contributed by atoms with Crippen molar-refractivity contribution in [1.82, 2.24) is 0 Å². The lowest BCUT2D eigenvalue weighted by atomic mass is 10.1. The second kappa shape index (κ2) is 9.59. The van der Waals surface area contributed by atoms with Gasteiger partial charge in [-0.2, -0.15) is 0 Å². The molecule has 0 spiro atoms. The minimum Gasteiger partial charge on any atom is -0.491 e. The molecule has 0 radical (unpaired) electrons. The molecule has 0 fully saturated rings. The van der Waals surface area contributed by atoms with Crippen LogP contribution in [0.1, 0.15) is 32.1 Å². The van der Waals surface area contributed by atoms with Gasteiger partial charge in [-0.05, 0) is 92.7 Å². The third-order valence-corrected chi connectivity index (χ3v) is 4.72. The number of ether oxygens (including phenoxy) is 1. The highest BCUT2D eigenvalue weighted by atomic mass is 127. The largest absolute Gasteiger partial charge is 0.491 e. The Morgan fingerprint density at radius 2 is 1.63 bits per heavy atom. The van der Waals surface area contributed by atoms with Gasteiger partial charge in [-0.15, -0.1) is 0 Å². The number of carboxylic acid groups (broad SMARTS) is 1. The van der Waals surface area contributed by atoms with Gasteiger partial charge in [0.1, 0.15) is 5.75 Å². The maximum Gasteiger partial charge on any atom is 0.303 e. The van der Waals surface area contributed by atoms with Crippen molar-refractivity contribution in [2.75, 3.05) is 6.61 Å². The fourth-order valence-corrected chi connectivity index (χ4v) is 5.47. The Morgan fingerprint density at radius 3 is 2.21 bits per heavy atom. The molecule has 0 saturated heterocycles. The zero-order valence-corrected chi connectivity index (χ0v) is 16.8. The number of aliphatic carboxylic acids is 1. The zero-order chi connectivity index (χ0) is 14.3. The van der Waals surface area contributed by atoms with Crippen molar-refractivity contribution in [3.63, 3.8) is 0 Å². The lowest BCUT2D eigenvalue weighted by molar-refractivity contribution is -0.137. The van der Waals surface area contributed by atoms with Crippen LogP contribution >= 0.6 is 67.8 Å². The molecular formula is C13H15I3O3. The van der Waals surface area contributed by atoms with Crippen molar-refractivity contribution < 1.29 is 14.6 Å². The van der Waals surface area contributed by atoms with Crippen molar-refractivity contribution in [2.45, 2.75) is 32.1 Å². The molecular weight excluding hydrogens is 585 g/mol. The summed E-state index contributed by atoms with van der Waals surface area (Å²) in [5, 5.41) is 8.52. The lowest BCUT2D eigenvalue weighted by Gasteiger charge is -2.10. The Hall–Kier alpha value is 0.680. The number of hydrogen-bond donors (Lipinski definition) is 1. The van der Waals surface area contributed by atoms with E-state index in [1.807, 2.05) is 0 Å². The van der Waals surface area contributed by atoms with Gasteiger partial charge in [0, 0.05) is 9.99 Å². The number of rotatable bonds is 8. The predicted molar refractivity (Wildman–Crippen MR) is 101 cm³/mol. The first-order valence-corrected chi connectivity index (χ1v) is 9.23. The summed E-state index contributed by atoms with van der Waals surface area (Å²) in [6.07, 6.45) is 3.97. The molecule has 19 heavy (non-hydrogen) atoms. The third-order valence-electron chi connectivity index (χ3n) is 2.49. The fourth-order valence-electron chi connectivity index (χ4n) is 1.57. The highest BCUT2D eigenvalue weighted by Gasteiger charge is 2.07. The van der Waals surface area contributed by atoms with E-state index in [0.29, 0.717) is 6.61 Å². The van der Waals surface area contributed by atoms with Gasteiger partial charge in [0.2, 0.25) is 0 Å². The van der Waals surface area contributed by atoms with Crippen LogP contribution in [0.2, 0.25) is 0 Å². The molecule has 1 rings (SSSR count). The Kier molecular flexibility index (Phi) is 8.95. The van der Waals surface area contributed by atoms with Crippen LogP contribution in [0.15, 0.2) is 12.1 Å². The first-order chi connectivity index (χ1) is 9.00. The highest BCUT2D eigenvalue weighted by molar-refractivity contribution is 14.1. The van der Waals surface area contributed by atoms with Gasteiger partial charge in [-0.1, -0.05) is 12.8 Å². The summed E-state index contributed by atoms with van der Waals surface area (Å²) in [6.45, 7) is 0.694. The topological polar surface area (TPSA) is 46.5 Å². The van der Waals surface area contributed by atoms with Crippen molar-refractivity contribution in [3.05, 3.63) is 22.8 Å². The molecule has 0 amide bonds. The van der Waals surface area contributed by atoms with E-state index >= 15 is 0 Å². The molecule has 106 valence electrons. The van der Waals surface area contributed by atoms with E-state index in [2.05, 4.69) is 79.9 Å². The maximum absolute atomic E-state index is 10.3. The molecule has 0 aromatic heterocycles. The first-order valence-electron chi connectivity index (χ1n) is 6.00. The molecule has 1 N–H and O–H groups in total. The van der Waals surface area contributed by atoms with Gasteiger partial charge in [-0.25, -0.2) is 0 Å². The molecule has 0 heterocycles. The lowest BCUT2D eigenvalue weighted by Crippen LogP contribution is -2.01. The predicted octanol–water partition coefficient (Wildman–Crippen LogP) is 4.91. The Bertz CT molecular complexity index is 412. The van der Waals surface area contributed by atoms with E-state index in [1.54, 1.807) is 0 Å². The van der Waals surface area contributed by atoms with Crippen LogP contribution in [0, 0.1) is 10.7 Å². The van der Waals surface area contributed by atoms with E-state index < -0.39 is 5.97 Å². The number of carbonyl (C=O) groups is 1. The average Bonchev–Trinajstić information content (AvgIpc) is 2.30. The minimum absolute atomic E-state index is 0.272. The molecule has 0 bridgehead atoms.